The number of hydrogen-bond acceptors (Lipinski definition) is 4. The van der Waals surface area contributed by atoms with E-state index in [9.17, 15) is 4.79 Å². The van der Waals surface area contributed by atoms with Crippen LogP contribution in [-0.2, 0) is 14.3 Å². The van der Waals surface area contributed by atoms with Crippen molar-refractivity contribution in [2.24, 2.45) is 17.3 Å². The highest BCUT2D eigenvalue weighted by Crippen LogP contribution is 2.61. The second-order valence-corrected chi connectivity index (χ2v) is 12.0. The van der Waals surface area contributed by atoms with Crippen molar-refractivity contribution in [1.82, 2.24) is 0 Å². The average Bonchev–Trinajstić information content (AvgIpc) is 3.38. The van der Waals surface area contributed by atoms with Crippen molar-refractivity contribution in [3.8, 4) is 0 Å². The molecule has 3 aliphatic heterocycles. The summed E-state index contributed by atoms with van der Waals surface area (Å²) in [5.74, 6) is 0.639. The molecule has 176 valence electrons. The molecule has 3 fully saturated rings. The van der Waals surface area contributed by atoms with Gasteiger partial charge in [0.1, 0.15) is 5.60 Å². The molecule has 33 heavy (non-hydrogen) atoms. The number of nitrogens with one attached hydrogen (secondary N) is 1. The zero-order valence-corrected chi connectivity index (χ0v) is 20.4. The van der Waals surface area contributed by atoms with Crippen LogP contribution in [0.5, 0.6) is 0 Å². The van der Waals surface area contributed by atoms with Gasteiger partial charge in [0.05, 0.1) is 0 Å². The minimum atomic E-state index is -0.753. The minimum absolute atomic E-state index is 0.0532. The lowest BCUT2D eigenvalue weighted by Crippen LogP contribution is -2.50. The third-order valence-electron chi connectivity index (χ3n) is 9.52. The molecule has 6 rings (SSSR count). The summed E-state index contributed by atoms with van der Waals surface area (Å²) in [4.78, 5) is 13.1. The number of para-hydroxylation sites is 1. The maximum absolute atomic E-state index is 13.1. The molecule has 0 amide bonds. The first-order valence-electron chi connectivity index (χ1n) is 12.8. The predicted octanol–water partition coefficient (Wildman–Crippen LogP) is 6.15. The number of carbonyl (C=O) groups excluding carboxylic acids is 1. The molecule has 1 aromatic carbocycles. The average molecular weight is 448 g/mol. The van der Waals surface area contributed by atoms with E-state index in [2.05, 4.69) is 50.0 Å². The zero-order valence-electron chi connectivity index (χ0n) is 20.4. The molecule has 1 N–H and O–H groups in total. The SMILES string of the molecule is C=C(CC1CC2Nc3ccccc3C2C1)C1C2=CC(=O)C3O[C@@]2(CC[C@]1(C)CC)OC3(C)C. The maximum atomic E-state index is 13.1. The fourth-order valence-corrected chi connectivity index (χ4v) is 7.78. The van der Waals surface area contributed by atoms with Gasteiger partial charge in [0.2, 0.25) is 0 Å². The summed E-state index contributed by atoms with van der Waals surface area (Å²) < 4.78 is 13.0. The molecule has 2 aliphatic carbocycles. The van der Waals surface area contributed by atoms with Crippen molar-refractivity contribution in [3.05, 3.63) is 53.6 Å². The minimum Gasteiger partial charge on any atom is -0.381 e. The van der Waals surface area contributed by atoms with E-state index in [0.29, 0.717) is 17.9 Å². The Morgan fingerprint density at radius 2 is 1.97 bits per heavy atom. The molecule has 1 spiro atoms. The number of ketones is 1. The Kier molecular flexibility index (Phi) is 4.62. The van der Waals surface area contributed by atoms with Crippen molar-refractivity contribution in [1.29, 1.82) is 0 Å². The quantitative estimate of drug-likeness (QED) is 0.563. The molecule has 5 unspecified atom stereocenters. The van der Waals surface area contributed by atoms with Crippen molar-refractivity contribution in [3.63, 3.8) is 0 Å². The van der Waals surface area contributed by atoms with E-state index >= 15 is 0 Å². The van der Waals surface area contributed by atoms with Crippen molar-refractivity contribution in [2.45, 2.75) is 95.7 Å². The number of rotatable bonds is 4. The second kappa shape index (κ2) is 7.05. The first kappa shape index (κ1) is 21.6. The van der Waals surface area contributed by atoms with Crippen molar-refractivity contribution >= 4 is 11.5 Å². The number of benzene rings is 1. The van der Waals surface area contributed by atoms with Crippen LogP contribution in [0.2, 0.25) is 0 Å². The first-order chi connectivity index (χ1) is 15.7. The summed E-state index contributed by atoms with van der Waals surface area (Å²) in [6.45, 7) is 13.3. The van der Waals surface area contributed by atoms with Crippen LogP contribution < -0.4 is 5.32 Å². The third-order valence-corrected chi connectivity index (χ3v) is 9.52. The summed E-state index contributed by atoms with van der Waals surface area (Å²) >= 11 is 0. The smallest absolute Gasteiger partial charge is 0.193 e. The largest absolute Gasteiger partial charge is 0.381 e. The van der Waals surface area contributed by atoms with E-state index in [4.69, 9.17) is 9.47 Å². The topological polar surface area (TPSA) is 47.6 Å². The normalized spacial score (nSPS) is 42.2. The highest BCUT2D eigenvalue weighted by Gasteiger charge is 2.64. The number of ether oxygens (including phenoxy) is 2. The van der Waals surface area contributed by atoms with Crippen molar-refractivity contribution < 1.29 is 14.3 Å². The lowest BCUT2D eigenvalue weighted by atomic mass is 9.58. The Balaban J connectivity index is 1.27. The van der Waals surface area contributed by atoms with Crippen LogP contribution in [0.1, 0.15) is 77.7 Å². The van der Waals surface area contributed by atoms with E-state index in [0.717, 1.165) is 31.3 Å². The van der Waals surface area contributed by atoms with Crippen LogP contribution >= 0.6 is 0 Å². The molecule has 7 atom stereocenters. The third kappa shape index (κ3) is 3.06. The Bertz CT molecular complexity index is 1060. The summed E-state index contributed by atoms with van der Waals surface area (Å²) in [5.41, 5.74) is 4.56. The van der Waals surface area contributed by atoms with E-state index < -0.39 is 17.5 Å². The lowest BCUT2D eigenvalue weighted by Gasteiger charge is -2.51. The molecule has 0 radical (unpaired) electrons. The fraction of sp³-hybridized carbons (Fsp3) is 0.621. The number of hydrogen-bond donors (Lipinski definition) is 1. The standard InChI is InChI=1S/C29H37NO3/c1-6-28(5)11-12-29-21(16-24(31)26(32-29)27(3,4)33-29)25(28)17(2)13-18-14-20-19-9-7-8-10-22(19)30-23(20)15-18/h7-10,16,18,20,23,25-26,30H,2,6,11-15H2,1,3-5H3/t18?,20?,23?,25?,26?,28-,29-/m0/s1. The molecule has 4 heteroatoms. The Morgan fingerprint density at radius 1 is 1.18 bits per heavy atom. The van der Waals surface area contributed by atoms with Gasteiger partial charge >= 0.3 is 0 Å². The van der Waals surface area contributed by atoms with Gasteiger partial charge < -0.3 is 14.8 Å². The molecule has 2 saturated carbocycles. The van der Waals surface area contributed by atoms with E-state index in [1.807, 2.05) is 19.9 Å². The van der Waals surface area contributed by atoms with Crippen LogP contribution in [0.25, 0.3) is 0 Å². The van der Waals surface area contributed by atoms with Gasteiger partial charge in [-0.25, -0.2) is 0 Å². The first-order valence-corrected chi connectivity index (χ1v) is 12.8. The number of allylic oxidation sites excluding steroid dienone is 1. The summed E-state index contributed by atoms with van der Waals surface area (Å²) in [6, 6.07) is 9.31. The predicted molar refractivity (Wildman–Crippen MR) is 130 cm³/mol. The van der Waals surface area contributed by atoms with Crippen LogP contribution in [0.4, 0.5) is 5.69 Å². The fourth-order valence-electron chi connectivity index (χ4n) is 7.78. The Labute approximate surface area is 197 Å². The molecule has 5 aliphatic rings. The number of carbonyl (C=O) groups is 1. The van der Waals surface area contributed by atoms with Crippen molar-refractivity contribution in [2.75, 3.05) is 5.32 Å². The second-order valence-electron chi connectivity index (χ2n) is 12.0. The molecule has 2 bridgehead atoms. The summed E-state index contributed by atoms with van der Waals surface area (Å²) in [5, 5.41) is 3.76. The monoisotopic (exact) mass is 447 g/mol. The highest BCUT2D eigenvalue weighted by molar-refractivity contribution is 5.97. The van der Waals surface area contributed by atoms with Crippen LogP contribution in [0, 0.1) is 17.3 Å². The highest BCUT2D eigenvalue weighted by atomic mass is 16.8. The maximum Gasteiger partial charge on any atom is 0.193 e. The molecule has 0 aromatic heterocycles. The molecular weight excluding hydrogens is 410 g/mol. The van der Waals surface area contributed by atoms with Gasteiger partial charge in [-0.15, -0.1) is 0 Å². The number of anilines is 1. The van der Waals surface area contributed by atoms with E-state index in [1.165, 1.54) is 29.7 Å². The summed E-state index contributed by atoms with van der Waals surface area (Å²) in [6.07, 6.45) is 7.66. The van der Waals surface area contributed by atoms with E-state index in [-0.39, 0.29) is 17.1 Å². The molecule has 3 heterocycles. The molecule has 1 aromatic rings. The van der Waals surface area contributed by atoms with Gasteiger partial charge in [0.15, 0.2) is 17.7 Å². The van der Waals surface area contributed by atoms with Crippen LogP contribution in [0.15, 0.2) is 48.1 Å². The summed E-state index contributed by atoms with van der Waals surface area (Å²) in [7, 11) is 0. The Hall–Kier alpha value is -1.91. The Morgan fingerprint density at radius 3 is 2.76 bits per heavy atom. The van der Waals surface area contributed by atoms with Gasteiger partial charge in [0, 0.05) is 30.0 Å². The molecular formula is C29H37NO3. The molecule has 1 saturated heterocycles. The lowest BCUT2D eigenvalue weighted by molar-refractivity contribution is -0.190. The van der Waals surface area contributed by atoms with Gasteiger partial charge in [-0.3, -0.25) is 4.79 Å². The van der Waals surface area contributed by atoms with E-state index in [1.54, 1.807) is 0 Å². The van der Waals surface area contributed by atoms with Crippen LogP contribution in [-0.4, -0.2) is 29.3 Å². The van der Waals surface area contributed by atoms with Gasteiger partial charge in [0.25, 0.3) is 0 Å². The molecule has 4 nitrogen and oxygen atoms in total. The van der Waals surface area contributed by atoms with Gasteiger partial charge in [-0.2, -0.15) is 0 Å². The van der Waals surface area contributed by atoms with Gasteiger partial charge in [-0.05, 0) is 80.6 Å². The van der Waals surface area contributed by atoms with Crippen LogP contribution in [0.3, 0.4) is 0 Å². The number of fused-ring (bicyclic) bond motifs is 4. The van der Waals surface area contributed by atoms with Gasteiger partial charge in [-0.1, -0.05) is 44.2 Å². The zero-order chi connectivity index (χ0) is 23.2.